The number of nitrogens with zero attached hydrogens (tertiary/aromatic N) is 1. The Morgan fingerprint density at radius 3 is 2.69 bits per heavy atom. The smallest absolute Gasteiger partial charge is 0.256 e. The molecule has 0 aliphatic rings. The monoisotopic (exact) mass is 447 g/mol. The summed E-state index contributed by atoms with van der Waals surface area (Å²) in [7, 11) is 1.59. The van der Waals surface area contributed by atoms with Gasteiger partial charge in [-0.1, -0.05) is 36.4 Å². The van der Waals surface area contributed by atoms with Crippen molar-refractivity contribution in [3.8, 4) is 0 Å². The van der Waals surface area contributed by atoms with Gasteiger partial charge in [0.25, 0.3) is 5.91 Å². The summed E-state index contributed by atoms with van der Waals surface area (Å²) in [6.45, 7) is 0.925. The van der Waals surface area contributed by atoms with Gasteiger partial charge in [0.2, 0.25) is 5.91 Å². The fraction of sp³-hybridized carbons (Fsp3) is 0.160. The van der Waals surface area contributed by atoms with E-state index in [2.05, 4.69) is 15.6 Å². The van der Waals surface area contributed by atoms with Crippen LogP contribution in [0.15, 0.2) is 77.8 Å². The molecule has 2 N–H and O–H groups in total. The summed E-state index contributed by atoms with van der Waals surface area (Å²) in [4.78, 5) is 29.9. The number of hydrogen-bond donors (Lipinski definition) is 2. The summed E-state index contributed by atoms with van der Waals surface area (Å²) in [5, 5.41) is 5.72. The number of rotatable bonds is 10. The highest BCUT2D eigenvalue weighted by Crippen LogP contribution is 2.24. The van der Waals surface area contributed by atoms with Gasteiger partial charge in [-0.25, -0.2) is 0 Å². The van der Waals surface area contributed by atoms with Gasteiger partial charge in [-0.05, 0) is 48.0 Å². The van der Waals surface area contributed by atoms with Gasteiger partial charge in [0.05, 0.1) is 23.6 Å². The molecule has 3 aromatic rings. The van der Waals surface area contributed by atoms with Crippen LogP contribution in [0.1, 0.15) is 21.6 Å². The molecular formula is C25H25N3O3S. The van der Waals surface area contributed by atoms with Crippen LogP contribution in [0.3, 0.4) is 0 Å². The number of hydrogen-bond acceptors (Lipinski definition) is 5. The maximum atomic E-state index is 12.9. The molecule has 0 radical (unpaired) electrons. The van der Waals surface area contributed by atoms with Crippen LogP contribution in [0.2, 0.25) is 0 Å². The minimum atomic E-state index is -0.223. The Balaban J connectivity index is 1.63. The van der Waals surface area contributed by atoms with Crippen molar-refractivity contribution in [3.05, 3.63) is 89.7 Å². The van der Waals surface area contributed by atoms with Crippen molar-refractivity contribution < 1.29 is 14.3 Å². The second-order valence-electron chi connectivity index (χ2n) is 6.80. The lowest BCUT2D eigenvalue weighted by molar-refractivity contribution is -0.118. The third-order valence-corrected chi connectivity index (χ3v) is 5.47. The number of thioether (sulfide) groups is 1. The average molecular weight is 448 g/mol. The predicted octanol–water partition coefficient (Wildman–Crippen LogP) is 4.36. The molecule has 164 valence electrons. The third-order valence-electron chi connectivity index (χ3n) is 4.40. The molecule has 2 aromatic carbocycles. The number of amides is 2. The number of anilines is 1. The van der Waals surface area contributed by atoms with E-state index in [1.54, 1.807) is 19.4 Å². The van der Waals surface area contributed by atoms with E-state index in [1.807, 2.05) is 72.8 Å². The van der Waals surface area contributed by atoms with E-state index < -0.39 is 0 Å². The van der Waals surface area contributed by atoms with E-state index in [1.165, 1.54) is 11.8 Å². The summed E-state index contributed by atoms with van der Waals surface area (Å²) >= 11 is 1.33. The molecular weight excluding hydrogens is 422 g/mol. The number of benzene rings is 2. The molecule has 1 aromatic heterocycles. The molecule has 0 aliphatic heterocycles. The molecule has 1 heterocycles. The van der Waals surface area contributed by atoms with Crippen LogP contribution in [-0.4, -0.2) is 42.8 Å². The van der Waals surface area contributed by atoms with E-state index in [0.717, 1.165) is 16.2 Å². The zero-order chi connectivity index (χ0) is 22.6. The Morgan fingerprint density at radius 2 is 1.88 bits per heavy atom. The van der Waals surface area contributed by atoms with Crippen LogP contribution in [0.5, 0.6) is 0 Å². The van der Waals surface area contributed by atoms with Gasteiger partial charge < -0.3 is 15.4 Å². The van der Waals surface area contributed by atoms with Crippen molar-refractivity contribution in [2.45, 2.75) is 4.90 Å². The first-order chi connectivity index (χ1) is 15.7. The highest BCUT2D eigenvalue weighted by molar-refractivity contribution is 8.00. The lowest BCUT2D eigenvalue weighted by atomic mass is 10.1. The number of carbonyl (C=O) groups excluding carboxylic acids is 2. The molecule has 7 heteroatoms. The van der Waals surface area contributed by atoms with Gasteiger partial charge in [0.1, 0.15) is 0 Å². The summed E-state index contributed by atoms with van der Waals surface area (Å²) in [6, 6.07) is 20.6. The Hall–Kier alpha value is -3.42. The van der Waals surface area contributed by atoms with Gasteiger partial charge in [0.15, 0.2) is 0 Å². The Kier molecular flexibility index (Phi) is 9.04. The highest BCUT2D eigenvalue weighted by Gasteiger charge is 2.13. The van der Waals surface area contributed by atoms with E-state index in [0.29, 0.717) is 24.4 Å². The standard InChI is InChI=1S/C25H25N3O3S/c1-31-16-15-27-24(29)18-32-23-11-3-2-10-22(23)25(30)28-21-9-6-7-19(17-21)12-13-20-8-4-5-14-26-20/h2-14,17H,15-16,18H2,1H3,(H,27,29)(H,28,30). The van der Waals surface area contributed by atoms with Crippen LogP contribution < -0.4 is 10.6 Å². The highest BCUT2D eigenvalue weighted by atomic mass is 32.2. The maximum Gasteiger partial charge on any atom is 0.256 e. The first-order valence-electron chi connectivity index (χ1n) is 10.1. The summed E-state index contributed by atoms with van der Waals surface area (Å²) in [5.74, 6) is -0.102. The molecule has 2 amide bonds. The molecule has 0 fully saturated rings. The van der Waals surface area contributed by atoms with Gasteiger partial charge in [-0.2, -0.15) is 0 Å². The first-order valence-corrected chi connectivity index (χ1v) is 11.1. The fourth-order valence-corrected chi connectivity index (χ4v) is 3.72. The second kappa shape index (κ2) is 12.4. The van der Waals surface area contributed by atoms with E-state index in [4.69, 9.17) is 4.74 Å². The Morgan fingerprint density at radius 1 is 1.03 bits per heavy atom. The normalized spacial score (nSPS) is 10.8. The third kappa shape index (κ3) is 7.37. The molecule has 3 rings (SSSR count). The maximum absolute atomic E-state index is 12.9. The van der Waals surface area contributed by atoms with Gasteiger partial charge in [0, 0.05) is 30.4 Å². The summed E-state index contributed by atoms with van der Waals surface area (Å²) in [5.41, 5.74) is 3.02. The molecule has 0 saturated heterocycles. The zero-order valence-corrected chi connectivity index (χ0v) is 18.6. The van der Waals surface area contributed by atoms with Crippen LogP contribution in [0.25, 0.3) is 12.2 Å². The van der Waals surface area contributed by atoms with Crippen LogP contribution >= 0.6 is 11.8 Å². The van der Waals surface area contributed by atoms with E-state index >= 15 is 0 Å². The molecule has 0 unspecified atom stereocenters. The second-order valence-corrected chi connectivity index (χ2v) is 7.81. The molecule has 0 saturated carbocycles. The number of methoxy groups -OCH3 is 1. The minimum Gasteiger partial charge on any atom is -0.383 e. The molecule has 32 heavy (non-hydrogen) atoms. The van der Waals surface area contributed by atoms with Crippen molar-refractivity contribution in [1.82, 2.24) is 10.3 Å². The van der Waals surface area contributed by atoms with Crippen LogP contribution in [0.4, 0.5) is 5.69 Å². The number of pyridine rings is 1. The molecule has 0 aliphatic carbocycles. The molecule has 0 atom stereocenters. The van der Waals surface area contributed by atoms with Crippen molar-refractivity contribution in [2.75, 3.05) is 31.3 Å². The van der Waals surface area contributed by atoms with Crippen molar-refractivity contribution >= 4 is 41.4 Å². The average Bonchev–Trinajstić information content (AvgIpc) is 2.83. The Labute approximate surface area is 192 Å². The molecule has 6 nitrogen and oxygen atoms in total. The first kappa shape index (κ1) is 23.2. The predicted molar refractivity (Wildman–Crippen MR) is 130 cm³/mol. The van der Waals surface area contributed by atoms with Crippen molar-refractivity contribution in [2.24, 2.45) is 0 Å². The lowest BCUT2D eigenvalue weighted by Crippen LogP contribution is -2.28. The Bertz CT molecular complexity index is 1070. The van der Waals surface area contributed by atoms with Gasteiger partial charge in [-0.15, -0.1) is 11.8 Å². The van der Waals surface area contributed by atoms with Gasteiger partial charge in [-0.3, -0.25) is 14.6 Å². The van der Waals surface area contributed by atoms with E-state index in [-0.39, 0.29) is 17.6 Å². The largest absolute Gasteiger partial charge is 0.383 e. The molecule has 0 bridgehead atoms. The number of nitrogens with one attached hydrogen (secondary N) is 2. The summed E-state index contributed by atoms with van der Waals surface area (Å²) < 4.78 is 4.93. The van der Waals surface area contributed by atoms with Crippen LogP contribution in [0, 0.1) is 0 Å². The zero-order valence-electron chi connectivity index (χ0n) is 17.8. The quantitative estimate of drug-likeness (QED) is 0.357. The summed E-state index contributed by atoms with van der Waals surface area (Å²) in [6.07, 6.45) is 5.61. The minimum absolute atomic E-state index is 0.102. The number of ether oxygens (including phenoxy) is 1. The fourth-order valence-electron chi connectivity index (χ4n) is 2.84. The van der Waals surface area contributed by atoms with Crippen LogP contribution in [-0.2, 0) is 9.53 Å². The van der Waals surface area contributed by atoms with Crippen molar-refractivity contribution in [1.29, 1.82) is 0 Å². The number of aromatic nitrogens is 1. The van der Waals surface area contributed by atoms with Gasteiger partial charge >= 0.3 is 0 Å². The molecule has 0 spiro atoms. The SMILES string of the molecule is COCCNC(=O)CSc1ccccc1C(=O)Nc1cccc(C=Cc2ccccn2)c1. The topological polar surface area (TPSA) is 80.3 Å². The lowest BCUT2D eigenvalue weighted by Gasteiger charge is -2.11. The van der Waals surface area contributed by atoms with Crippen molar-refractivity contribution in [3.63, 3.8) is 0 Å². The number of carbonyl (C=O) groups is 2. The van der Waals surface area contributed by atoms with E-state index in [9.17, 15) is 9.59 Å².